The van der Waals surface area contributed by atoms with Crippen LogP contribution in [-0.2, 0) is 0 Å². The van der Waals surface area contributed by atoms with Crippen LogP contribution >= 0.6 is 0 Å². The summed E-state index contributed by atoms with van der Waals surface area (Å²) < 4.78 is 5.69. The van der Waals surface area contributed by atoms with E-state index >= 15 is 0 Å². The van der Waals surface area contributed by atoms with Crippen LogP contribution in [0.15, 0.2) is 48.5 Å². The molecule has 0 saturated carbocycles. The van der Waals surface area contributed by atoms with E-state index in [2.05, 4.69) is 18.3 Å². The van der Waals surface area contributed by atoms with Gasteiger partial charge in [-0.25, -0.2) is 0 Å². The lowest BCUT2D eigenvalue weighted by Crippen LogP contribution is -2.07. The SMILES string of the molecule is CC(=O)c1ccc(NCCCOc2cccc(C)c2)cc1. The van der Waals surface area contributed by atoms with Crippen molar-refractivity contribution in [1.29, 1.82) is 0 Å². The Kier molecular flexibility index (Phi) is 5.38. The maximum absolute atomic E-state index is 11.2. The van der Waals surface area contributed by atoms with Crippen LogP contribution in [0.4, 0.5) is 5.69 Å². The topological polar surface area (TPSA) is 38.3 Å². The molecule has 0 saturated heterocycles. The fourth-order valence-corrected chi connectivity index (χ4v) is 2.02. The Balaban J connectivity index is 1.69. The van der Waals surface area contributed by atoms with Gasteiger partial charge >= 0.3 is 0 Å². The molecule has 2 aromatic carbocycles. The van der Waals surface area contributed by atoms with Crippen LogP contribution in [-0.4, -0.2) is 18.9 Å². The highest BCUT2D eigenvalue weighted by Crippen LogP contribution is 2.13. The first-order chi connectivity index (χ1) is 10.1. The third-order valence-electron chi connectivity index (χ3n) is 3.20. The number of rotatable bonds is 7. The second-order valence-corrected chi connectivity index (χ2v) is 5.08. The molecule has 0 aliphatic heterocycles. The molecule has 110 valence electrons. The zero-order valence-electron chi connectivity index (χ0n) is 12.6. The molecule has 0 amide bonds. The van der Waals surface area contributed by atoms with Crippen molar-refractivity contribution in [3.8, 4) is 5.75 Å². The van der Waals surface area contributed by atoms with Crippen LogP contribution in [0, 0.1) is 6.92 Å². The summed E-state index contributed by atoms with van der Waals surface area (Å²) in [4.78, 5) is 11.2. The highest BCUT2D eigenvalue weighted by molar-refractivity contribution is 5.94. The van der Waals surface area contributed by atoms with Crippen LogP contribution in [0.3, 0.4) is 0 Å². The summed E-state index contributed by atoms with van der Waals surface area (Å²) in [6.07, 6.45) is 0.919. The number of hydrogen-bond acceptors (Lipinski definition) is 3. The van der Waals surface area contributed by atoms with Gasteiger partial charge in [0, 0.05) is 17.8 Å². The van der Waals surface area contributed by atoms with Crippen molar-refractivity contribution >= 4 is 11.5 Å². The Morgan fingerprint density at radius 2 is 1.90 bits per heavy atom. The van der Waals surface area contributed by atoms with Gasteiger partial charge in [0.2, 0.25) is 0 Å². The van der Waals surface area contributed by atoms with Gasteiger partial charge in [-0.1, -0.05) is 12.1 Å². The lowest BCUT2D eigenvalue weighted by atomic mass is 10.1. The van der Waals surface area contributed by atoms with Gasteiger partial charge in [0.05, 0.1) is 6.61 Å². The molecule has 0 heterocycles. The zero-order chi connectivity index (χ0) is 15.1. The van der Waals surface area contributed by atoms with Crippen molar-refractivity contribution in [3.05, 3.63) is 59.7 Å². The number of nitrogens with one attached hydrogen (secondary N) is 1. The molecular formula is C18H21NO2. The first-order valence-corrected chi connectivity index (χ1v) is 7.19. The van der Waals surface area contributed by atoms with Gasteiger partial charge in [-0.15, -0.1) is 0 Å². The summed E-state index contributed by atoms with van der Waals surface area (Å²) in [5.74, 6) is 1.01. The molecule has 3 nitrogen and oxygen atoms in total. The summed E-state index contributed by atoms with van der Waals surface area (Å²) in [6.45, 7) is 5.15. The van der Waals surface area contributed by atoms with E-state index in [-0.39, 0.29) is 5.78 Å². The highest BCUT2D eigenvalue weighted by Gasteiger charge is 1.99. The maximum atomic E-state index is 11.2. The molecular weight excluding hydrogens is 262 g/mol. The molecule has 0 atom stereocenters. The summed E-state index contributed by atoms with van der Waals surface area (Å²) in [7, 11) is 0. The van der Waals surface area contributed by atoms with Crippen LogP contribution in [0.25, 0.3) is 0 Å². The summed E-state index contributed by atoms with van der Waals surface area (Å²) >= 11 is 0. The molecule has 21 heavy (non-hydrogen) atoms. The van der Waals surface area contributed by atoms with Crippen LogP contribution < -0.4 is 10.1 Å². The standard InChI is InChI=1S/C18H21NO2/c1-14-5-3-6-18(13-14)21-12-4-11-19-17-9-7-16(8-10-17)15(2)20/h3,5-10,13,19H,4,11-12H2,1-2H3. The van der Waals surface area contributed by atoms with E-state index in [0.29, 0.717) is 6.61 Å². The Morgan fingerprint density at radius 3 is 2.57 bits per heavy atom. The predicted molar refractivity (Wildman–Crippen MR) is 86.2 cm³/mol. The third-order valence-corrected chi connectivity index (χ3v) is 3.20. The van der Waals surface area contributed by atoms with Crippen molar-refractivity contribution in [2.45, 2.75) is 20.3 Å². The minimum Gasteiger partial charge on any atom is -0.494 e. The fraction of sp³-hybridized carbons (Fsp3) is 0.278. The Bertz CT molecular complexity index is 590. The number of benzene rings is 2. The van der Waals surface area contributed by atoms with Gasteiger partial charge in [-0.3, -0.25) is 4.79 Å². The molecule has 0 spiro atoms. The number of aryl methyl sites for hydroxylation is 1. The minimum atomic E-state index is 0.0908. The number of ketones is 1. The Labute approximate surface area is 126 Å². The summed E-state index contributed by atoms with van der Waals surface area (Å²) in [6, 6.07) is 15.6. The fourth-order valence-electron chi connectivity index (χ4n) is 2.02. The molecule has 0 unspecified atom stereocenters. The zero-order valence-corrected chi connectivity index (χ0v) is 12.6. The number of hydrogen-bond donors (Lipinski definition) is 1. The van der Waals surface area contributed by atoms with Gasteiger partial charge < -0.3 is 10.1 Å². The molecule has 3 heteroatoms. The van der Waals surface area contributed by atoms with E-state index in [4.69, 9.17) is 4.74 Å². The number of anilines is 1. The normalized spacial score (nSPS) is 10.2. The van der Waals surface area contributed by atoms with Gasteiger partial charge in [0.15, 0.2) is 5.78 Å². The largest absolute Gasteiger partial charge is 0.494 e. The first kappa shape index (κ1) is 15.1. The summed E-state index contributed by atoms with van der Waals surface area (Å²) in [5, 5.41) is 3.32. The monoisotopic (exact) mass is 283 g/mol. The van der Waals surface area contributed by atoms with Crippen LogP contribution in [0.1, 0.15) is 29.3 Å². The van der Waals surface area contributed by atoms with Gasteiger partial charge in [0.1, 0.15) is 5.75 Å². The van der Waals surface area contributed by atoms with E-state index in [1.165, 1.54) is 5.56 Å². The van der Waals surface area contributed by atoms with Crippen molar-refractivity contribution in [2.75, 3.05) is 18.5 Å². The number of carbonyl (C=O) groups excluding carboxylic acids is 1. The molecule has 0 aliphatic carbocycles. The van der Waals surface area contributed by atoms with E-state index in [0.717, 1.165) is 30.0 Å². The van der Waals surface area contributed by atoms with E-state index in [9.17, 15) is 4.79 Å². The molecule has 0 bridgehead atoms. The van der Waals surface area contributed by atoms with Crippen LogP contribution in [0.2, 0.25) is 0 Å². The molecule has 2 rings (SSSR count). The predicted octanol–water partition coefficient (Wildman–Crippen LogP) is 4.08. The molecule has 0 fully saturated rings. The van der Waals surface area contributed by atoms with Crippen LogP contribution in [0.5, 0.6) is 5.75 Å². The Morgan fingerprint density at radius 1 is 1.14 bits per heavy atom. The van der Waals surface area contributed by atoms with E-state index < -0.39 is 0 Å². The average Bonchev–Trinajstić information content (AvgIpc) is 2.47. The number of Topliss-reactive ketones (excluding diaryl/α,β-unsaturated/α-hetero) is 1. The molecule has 2 aromatic rings. The van der Waals surface area contributed by atoms with Crippen molar-refractivity contribution in [1.82, 2.24) is 0 Å². The average molecular weight is 283 g/mol. The van der Waals surface area contributed by atoms with Gasteiger partial charge in [-0.2, -0.15) is 0 Å². The smallest absolute Gasteiger partial charge is 0.159 e. The minimum absolute atomic E-state index is 0.0908. The molecule has 0 aliphatic rings. The molecule has 1 N–H and O–H groups in total. The van der Waals surface area contributed by atoms with Crippen molar-refractivity contribution in [3.63, 3.8) is 0 Å². The number of ether oxygens (including phenoxy) is 1. The molecule has 0 aromatic heterocycles. The lowest BCUT2D eigenvalue weighted by molar-refractivity contribution is 0.101. The number of carbonyl (C=O) groups is 1. The van der Waals surface area contributed by atoms with Crippen molar-refractivity contribution < 1.29 is 9.53 Å². The quantitative estimate of drug-likeness (QED) is 0.614. The van der Waals surface area contributed by atoms with Crippen molar-refractivity contribution in [2.24, 2.45) is 0 Å². The maximum Gasteiger partial charge on any atom is 0.159 e. The lowest BCUT2D eigenvalue weighted by Gasteiger charge is -2.09. The van der Waals surface area contributed by atoms with Gasteiger partial charge in [0.25, 0.3) is 0 Å². The molecule has 0 radical (unpaired) electrons. The summed E-state index contributed by atoms with van der Waals surface area (Å²) in [5.41, 5.74) is 2.97. The highest BCUT2D eigenvalue weighted by atomic mass is 16.5. The second-order valence-electron chi connectivity index (χ2n) is 5.08. The van der Waals surface area contributed by atoms with E-state index in [1.807, 2.05) is 42.5 Å². The third kappa shape index (κ3) is 4.95. The second kappa shape index (κ2) is 7.48. The van der Waals surface area contributed by atoms with E-state index in [1.54, 1.807) is 6.92 Å². The van der Waals surface area contributed by atoms with Gasteiger partial charge in [-0.05, 0) is 62.2 Å². The Hall–Kier alpha value is -2.29. The first-order valence-electron chi connectivity index (χ1n) is 7.19.